The molecule has 388 valence electrons. The van der Waals surface area contributed by atoms with Gasteiger partial charge in [0, 0.05) is 26.7 Å². The van der Waals surface area contributed by atoms with Crippen molar-refractivity contribution < 1.29 is 185 Å². The fraction of sp³-hybridized carbons (Fsp3) is 0.0213. The van der Waals surface area contributed by atoms with Gasteiger partial charge in [-0.3, -0.25) is 9.59 Å². The summed E-state index contributed by atoms with van der Waals surface area (Å²) >= 11 is 0.660. The molecular formula is C47H31N9Na4O15S5. The number of para-hydroxylation sites is 1. The van der Waals surface area contributed by atoms with Gasteiger partial charge >= 0.3 is 118 Å². The normalized spacial score (nSPS) is 11.9. The molecule has 2 N–H and O–H groups in total. The molecule has 0 bridgehead atoms. The first kappa shape index (κ1) is 66.9. The maximum Gasteiger partial charge on any atom is 1.00 e. The third-order valence-electron chi connectivity index (χ3n) is 10.9. The molecule has 80 heavy (non-hydrogen) atoms. The summed E-state index contributed by atoms with van der Waals surface area (Å²) in [4.78, 5) is 1.21. The van der Waals surface area contributed by atoms with Crippen molar-refractivity contribution in [2.45, 2.75) is 19.6 Å². The second-order valence-electron chi connectivity index (χ2n) is 15.9. The molecular weight excluding hydrogens is 1180 g/mol. The van der Waals surface area contributed by atoms with Crippen LogP contribution in [0.1, 0.15) is 11.1 Å². The third kappa shape index (κ3) is 16.5. The number of nitrogens with zero attached hydrogens (tertiary/aromatic N) is 8. The van der Waals surface area contributed by atoms with Crippen molar-refractivity contribution in [3.8, 4) is 11.4 Å². The zero-order chi connectivity index (χ0) is 54.0. The first-order chi connectivity index (χ1) is 36.1. The number of hydrogen-bond donors (Lipinski definition) is 2. The molecule has 0 fully saturated rings. The number of anilines is 1. The molecule has 0 aliphatic carbocycles. The summed E-state index contributed by atoms with van der Waals surface area (Å²) in [5.74, 6) is -0.461. The van der Waals surface area contributed by atoms with Crippen molar-refractivity contribution in [1.82, 2.24) is 30.0 Å². The molecule has 33 heteroatoms. The Balaban J connectivity index is 0.000000655. The van der Waals surface area contributed by atoms with E-state index in [0.29, 0.717) is 77.6 Å². The number of aromatic nitrogens is 6. The fourth-order valence-electron chi connectivity index (χ4n) is 7.52. The topological polar surface area (TPSA) is 366 Å². The van der Waals surface area contributed by atoms with Crippen LogP contribution in [0.2, 0.25) is 0 Å². The number of hydrogen-bond acceptors (Lipinski definition) is 22. The molecule has 0 saturated heterocycles. The van der Waals surface area contributed by atoms with E-state index in [0.717, 1.165) is 23.0 Å². The first-order valence-electron chi connectivity index (χ1n) is 21.4. The van der Waals surface area contributed by atoms with Gasteiger partial charge in [0.2, 0.25) is 0 Å². The van der Waals surface area contributed by atoms with Crippen molar-refractivity contribution >= 4 is 125 Å². The molecule has 2 heterocycles. The maximum absolute atomic E-state index is 12.5. The molecule has 10 rings (SSSR count). The maximum atomic E-state index is 12.5. The van der Waals surface area contributed by atoms with Gasteiger partial charge in [0.15, 0.2) is 0 Å². The second-order valence-corrected chi connectivity index (χ2v) is 22.2. The molecule has 0 aliphatic rings. The van der Waals surface area contributed by atoms with Crippen LogP contribution in [0.5, 0.6) is 0 Å². The zero-order valence-corrected chi connectivity index (χ0v) is 54.2. The molecule has 0 spiro atoms. The smallest absolute Gasteiger partial charge is 0.744 e. The Kier molecular flexibility index (Phi) is 23.5. The third-order valence-corrected chi connectivity index (χ3v) is 14.7. The molecule has 24 nitrogen and oxygen atoms in total. The Morgan fingerprint density at radius 1 is 0.550 bits per heavy atom. The molecule has 0 radical (unpaired) electrons. The van der Waals surface area contributed by atoms with Crippen LogP contribution in [0.4, 0.5) is 17.1 Å². The summed E-state index contributed by atoms with van der Waals surface area (Å²) in [5, 5.41) is 45.0. The number of fused-ring (bicyclic) bond motifs is 6. The molecule has 0 aliphatic heterocycles. The summed E-state index contributed by atoms with van der Waals surface area (Å²) in [5.41, 5.74) is 3.07. The standard InChI is InChI=1S/C40H26N8O12S4.C7H9NO3S.4Na/c49-59-60-61-36-22-35-40(33-4-2-1-3-32(33)36)46-48(44-35)29-13-8-24(38(21-29)64(56,57)58)6-5-23-7-10-27(20-37(23)63(53,54)55)42-41-26-11-14-28(15-12-26)47-43-34-18-9-25-19-30(62(50,51)52)16-17-31(25)39(34)45-47;9-12(10,11)6-8-7-4-2-1-3-5-7;;;;/h1-22,49H,(H,50,51,52)(H,53,54,55)(H,56,57,58);1-5,8H,6H2,(H,9,10,11);;;;/q;;4*+1/p-4. The average Bonchev–Trinajstić information content (AvgIpc) is 4.04. The molecule has 10 aromatic rings. The summed E-state index contributed by atoms with van der Waals surface area (Å²) in [6.45, 7) is 0. The van der Waals surface area contributed by atoms with Gasteiger partial charge in [-0.1, -0.05) is 78.9 Å². The van der Waals surface area contributed by atoms with Gasteiger partial charge in [-0.2, -0.15) is 32.6 Å². The molecule has 2 aromatic heterocycles. The molecule has 0 saturated carbocycles. The van der Waals surface area contributed by atoms with Crippen molar-refractivity contribution in [3.05, 3.63) is 163 Å². The van der Waals surface area contributed by atoms with Gasteiger partial charge in [0.1, 0.15) is 58.3 Å². The Labute approximate surface area is 548 Å². The molecule has 0 unspecified atom stereocenters. The van der Waals surface area contributed by atoms with E-state index in [1.807, 2.05) is 6.07 Å². The molecule has 0 atom stereocenters. The second kappa shape index (κ2) is 28.1. The van der Waals surface area contributed by atoms with Gasteiger partial charge in [-0.15, -0.1) is 20.4 Å². The Hall–Kier alpha value is -3.91. The fourth-order valence-corrected chi connectivity index (χ4v) is 10.3. The van der Waals surface area contributed by atoms with E-state index in [4.69, 9.17) is 4.55 Å². The predicted octanol–water partition coefficient (Wildman–Crippen LogP) is -5.05. The van der Waals surface area contributed by atoms with Crippen molar-refractivity contribution in [2.24, 2.45) is 10.2 Å². The minimum absolute atomic E-state index is 0. The van der Waals surface area contributed by atoms with Crippen LogP contribution in [-0.2, 0) is 49.8 Å². The van der Waals surface area contributed by atoms with E-state index in [9.17, 15) is 52.6 Å². The van der Waals surface area contributed by atoms with Gasteiger partial charge in [0.05, 0.1) is 49.5 Å². The zero-order valence-electron chi connectivity index (χ0n) is 42.1. The summed E-state index contributed by atoms with van der Waals surface area (Å²) in [6.07, 6.45) is 2.33. The SMILES string of the molecule is O=S(=O)(O)CNc1ccccc1.O=S(=O)([O-])c1ccc2c(ccc3nn(-c4ccc(N=Nc5ccc(C=Cc6ccc(-n7nc8cc(SOO[O-])c9ccccc9c8n7)cc6S(=O)(=O)[O-])c(S(=O)(=O)[O-])c5)cc4)nc32)c1.[Na+].[Na+].[Na+].[Na+]. The number of nitrogens with one attached hydrogen (secondary N) is 1. The van der Waals surface area contributed by atoms with Crippen LogP contribution in [-0.4, -0.2) is 87.7 Å². The number of benzene rings is 8. The summed E-state index contributed by atoms with van der Waals surface area (Å²) in [7, 11) is -18.8. The van der Waals surface area contributed by atoms with Crippen molar-refractivity contribution in [3.63, 3.8) is 0 Å². The van der Waals surface area contributed by atoms with Gasteiger partial charge in [-0.25, -0.2) is 25.3 Å². The number of azo groups is 1. The van der Waals surface area contributed by atoms with Crippen LogP contribution in [0, 0.1) is 0 Å². The monoisotopic (exact) mass is 1210 g/mol. The van der Waals surface area contributed by atoms with Crippen molar-refractivity contribution in [1.29, 1.82) is 0 Å². The van der Waals surface area contributed by atoms with E-state index in [2.05, 4.69) is 45.3 Å². The molecule has 0 amide bonds. The first-order valence-corrected chi connectivity index (χ1v) is 28.0. The van der Waals surface area contributed by atoms with Gasteiger partial charge in [0.25, 0.3) is 10.1 Å². The average molecular weight is 1210 g/mol. The minimum atomic E-state index is -5.14. The van der Waals surface area contributed by atoms with Gasteiger partial charge in [-0.05, 0) is 101 Å². The van der Waals surface area contributed by atoms with Crippen LogP contribution in [0.3, 0.4) is 0 Å². The molecule has 8 aromatic carbocycles. The van der Waals surface area contributed by atoms with E-state index in [1.165, 1.54) is 53.3 Å². The minimum Gasteiger partial charge on any atom is -0.744 e. The van der Waals surface area contributed by atoms with Crippen LogP contribution < -0.4 is 129 Å². The Morgan fingerprint density at radius 2 is 1.10 bits per heavy atom. The largest absolute Gasteiger partial charge is 1.00 e. The van der Waals surface area contributed by atoms with E-state index in [-0.39, 0.29) is 146 Å². The van der Waals surface area contributed by atoms with Gasteiger partial charge < -0.3 is 24.2 Å². The summed E-state index contributed by atoms with van der Waals surface area (Å²) < 4.78 is 143. The van der Waals surface area contributed by atoms with E-state index < -0.39 is 56.1 Å². The van der Waals surface area contributed by atoms with E-state index in [1.54, 1.807) is 91.0 Å². The number of rotatable bonds is 15. The van der Waals surface area contributed by atoms with E-state index >= 15 is 0 Å². The quantitative estimate of drug-likeness (QED) is 0.0184. The van der Waals surface area contributed by atoms with Crippen LogP contribution >= 0.6 is 12.0 Å². The van der Waals surface area contributed by atoms with Crippen molar-refractivity contribution in [2.75, 3.05) is 11.2 Å². The predicted molar refractivity (Wildman–Crippen MR) is 271 cm³/mol. The van der Waals surface area contributed by atoms with Crippen LogP contribution in [0.15, 0.2) is 181 Å². The summed E-state index contributed by atoms with van der Waals surface area (Å²) in [6, 6.07) is 38.5. The Morgan fingerprint density at radius 3 is 1.73 bits per heavy atom. The van der Waals surface area contributed by atoms with Crippen LogP contribution in [0.25, 0.3) is 67.1 Å². The Bertz CT molecular complexity index is 4430.